The maximum absolute atomic E-state index is 13.7. The number of piperazine rings is 1. The molecule has 1 amide bonds. The fourth-order valence-corrected chi connectivity index (χ4v) is 2.30. The second-order valence-electron chi connectivity index (χ2n) is 5.47. The van der Waals surface area contributed by atoms with E-state index in [-0.39, 0.29) is 11.7 Å². The van der Waals surface area contributed by atoms with E-state index in [1.165, 1.54) is 6.07 Å². The lowest BCUT2D eigenvalue weighted by Gasteiger charge is -2.38. The SMILES string of the molecule is CC(C)(C#N)C(=O)N1CCN(c2ccccc2F)CC1. The number of benzene rings is 1. The van der Waals surface area contributed by atoms with E-state index >= 15 is 0 Å². The van der Waals surface area contributed by atoms with Crippen molar-refractivity contribution in [2.75, 3.05) is 31.1 Å². The number of carbonyl (C=O) groups excluding carboxylic acids is 1. The summed E-state index contributed by atoms with van der Waals surface area (Å²) in [7, 11) is 0. The smallest absolute Gasteiger partial charge is 0.242 e. The zero-order chi connectivity index (χ0) is 14.8. The lowest BCUT2D eigenvalue weighted by atomic mass is 9.93. The van der Waals surface area contributed by atoms with Crippen LogP contribution in [-0.4, -0.2) is 37.0 Å². The average Bonchev–Trinajstić information content (AvgIpc) is 2.47. The van der Waals surface area contributed by atoms with E-state index in [0.29, 0.717) is 31.9 Å². The van der Waals surface area contributed by atoms with Gasteiger partial charge in [-0.05, 0) is 26.0 Å². The molecule has 0 bridgehead atoms. The van der Waals surface area contributed by atoms with E-state index in [9.17, 15) is 9.18 Å². The summed E-state index contributed by atoms with van der Waals surface area (Å²) in [6, 6.07) is 8.66. The maximum Gasteiger partial charge on any atom is 0.242 e. The zero-order valence-corrected chi connectivity index (χ0v) is 11.8. The lowest BCUT2D eigenvalue weighted by Crippen LogP contribution is -2.52. The van der Waals surface area contributed by atoms with Crippen molar-refractivity contribution in [1.29, 1.82) is 5.26 Å². The van der Waals surface area contributed by atoms with Gasteiger partial charge in [0, 0.05) is 26.2 Å². The largest absolute Gasteiger partial charge is 0.366 e. The predicted molar refractivity (Wildman–Crippen MR) is 74.6 cm³/mol. The van der Waals surface area contributed by atoms with Gasteiger partial charge in [0.2, 0.25) is 5.91 Å². The van der Waals surface area contributed by atoms with Crippen molar-refractivity contribution in [3.8, 4) is 6.07 Å². The Hall–Kier alpha value is -2.09. The Morgan fingerprint density at radius 3 is 2.40 bits per heavy atom. The molecule has 20 heavy (non-hydrogen) atoms. The summed E-state index contributed by atoms with van der Waals surface area (Å²) < 4.78 is 13.7. The summed E-state index contributed by atoms with van der Waals surface area (Å²) in [4.78, 5) is 15.8. The summed E-state index contributed by atoms with van der Waals surface area (Å²) >= 11 is 0. The molecule has 0 radical (unpaired) electrons. The van der Waals surface area contributed by atoms with Gasteiger partial charge in [-0.25, -0.2) is 4.39 Å². The van der Waals surface area contributed by atoms with Crippen molar-refractivity contribution in [3.63, 3.8) is 0 Å². The molecule has 4 nitrogen and oxygen atoms in total. The van der Waals surface area contributed by atoms with Gasteiger partial charge >= 0.3 is 0 Å². The first kappa shape index (κ1) is 14.3. The topological polar surface area (TPSA) is 47.3 Å². The van der Waals surface area contributed by atoms with Crippen molar-refractivity contribution >= 4 is 11.6 Å². The third-order valence-electron chi connectivity index (χ3n) is 3.57. The van der Waals surface area contributed by atoms with Crippen molar-refractivity contribution in [3.05, 3.63) is 30.1 Å². The molecule has 2 rings (SSSR count). The first-order valence-corrected chi connectivity index (χ1v) is 6.66. The van der Waals surface area contributed by atoms with Gasteiger partial charge in [-0.3, -0.25) is 4.79 Å². The fraction of sp³-hybridized carbons (Fsp3) is 0.467. The zero-order valence-electron chi connectivity index (χ0n) is 11.8. The number of carbonyl (C=O) groups is 1. The van der Waals surface area contributed by atoms with Gasteiger partial charge in [0.05, 0.1) is 11.8 Å². The molecule has 0 aromatic heterocycles. The summed E-state index contributed by atoms with van der Waals surface area (Å²) in [6.07, 6.45) is 0. The number of nitriles is 1. The molecule has 1 aromatic carbocycles. The number of nitrogens with zero attached hydrogens (tertiary/aromatic N) is 3. The highest BCUT2D eigenvalue weighted by atomic mass is 19.1. The number of amides is 1. The number of hydrogen-bond acceptors (Lipinski definition) is 3. The Kier molecular flexibility index (Phi) is 3.93. The van der Waals surface area contributed by atoms with Gasteiger partial charge in [0.1, 0.15) is 11.2 Å². The Balaban J connectivity index is 2.02. The van der Waals surface area contributed by atoms with E-state index in [1.807, 2.05) is 11.0 Å². The molecule has 0 aliphatic carbocycles. The molecule has 106 valence electrons. The van der Waals surface area contributed by atoms with Crippen LogP contribution >= 0.6 is 0 Å². The number of para-hydroxylation sites is 1. The van der Waals surface area contributed by atoms with E-state index in [0.717, 1.165) is 0 Å². The van der Waals surface area contributed by atoms with Crippen LogP contribution < -0.4 is 4.90 Å². The molecule has 0 unspecified atom stereocenters. The molecule has 1 aliphatic heterocycles. The molecule has 1 fully saturated rings. The minimum absolute atomic E-state index is 0.159. The Morgan fingerprint density at radius 2 is 1.85 bits per heavy atom. The van der Waals surface area contributed by atoms with E-state index in [2.05, 4.69) is 0 Å². The van der Waals surface area contributed by atoms with E-state index < -0.39 is 5.41 Å². The highest BCUT2D eigenvalue weighted by Gasteiger charge is 2.33. The Labute approximate surface area is 118 Å². The van der Waals surface area contributed by atoms with Crippen molar-refractivity contribution in [1.82, 2.24) is 4.90 Å². The standard InChI is InChI=1S/C15H18FN3O/c1-15(2,11-17)14(20)19-9-7-18(8-10-19)13-6-4-3-5-12(13)16/h3-6H,7-10H2,1-2H3. The van der Waals surface area contributed by atoms with Crippen LogP contribution in [0.3, 0.4) is 0 Å². The average molecular weight is 275 g/mol. The van der Waals surface area contributed by atoms with Gasteiger partial charge < -0.3 is 9.80 Å². The summed E-state index contributed by atoms with van der Waals surface area (Å²) in [5.41, 5.74) is -0.431. The minimum Gasteiger partial charge on any atom is -0.366 e. The molecular formula is C15H18FN3O. The second kappa shape index (κ2) is 5.49. The second-order valence-corrected chi connectivity index (χ2v) is 5.47. The van der Waals surface area contributed by atoms with Gasteiger partial charge in [-0.15, -0.1) is 0 Å². The number of anilines is 1. The molecule has 0 spiro atoms. The van der Waals surface area contributed by atoms with Gasteiger partial charge in [0.15, 0.2) is 0 Å². The van der Waals surface area contributed by atoms with E-state index in [1.54, 1.807) is 36.9 Å². The van der Waals surface area contributed by atoms with Crippen molar-refractivity contribution < 1.29 is 9.18 Å². The minimum atomic E-state index is -1.000. The van der Waals surface area contributed by atoms with Crippen LogP contribution in [0.2, 0.25) is 0 Å². The normalized spacial score (nSPS) is 15.9. The molecule has 1 aliphatic rings. The monoisotopic (exact) mass is 275 g/mol. The van der Waals surface area contributed by atoms with Crippen LogP contribution in [0.25, 0.3) is 0 Å². The van der Waals surface area contributed by atoms with Gasteiger partial charge in [-0.1, -0.05) is 12.1 Å². The molecule has 5 heteroatoms. The number of halogens is 1. The quantitative estimate of drug-likeness (QED) is 0.829. The Morgan fingerprint density at radius 1 is 1.25 bits per heavy atom. The van der Waals surface area contributed by atoms with Crippen molar-refractivity contribution in [2.45, 2.75) is 13.8 Å². The van der Waals surface area contributed by atoms with Gasteiger partial charge in [-0.2, -0.15) is 5.26 Å². The van der Waals surface area contributed by atoms with Crippen LogP contribution in [0.15, 0.2) is 24.3 Å². The van der Waals surface area contributed by atoms with Crippen LogP contribution in [0.5, 0.6) is 0 Å². The fourth-order valence-electron chi connectivity index (χ4n) is 2.30. The van der Waals surface area contributed by atoms with Crippen LogP contribution in [-0.2, 0) is 4.79 Å². The Bertz CT molecular complexity index is 542. The van der Waals surface area contributed by atoms with Crippen LogP contribution in [0, 0.1) is 22.6 Å². The molecule has 1 heterocycles. The lowest BCUT2D eigenvalue weighted by molar-refractivity contribution is -0.137. The van der Waals surface area contributed by atoms with Crippen LogP contribution in [0.4, 0.5) is 10.1 Å². The summed E-state index contributed by atoms with van der Waals surface area (Å²) in [5, 5.41) is 9.00. The maximum atomic E-state index is 13.7. The van der Waals surface area contributed by atoms with Crippen LogP contribution in [0.1, 0.15) is 13.8 Å². The first-order chi connectivity index (χ1) is 9.45. The van der Waals surface area contributed by atoms with Crippen molar-refractivity contribution in [2.24, 2.45) is 5.41 Å². The third-order valence-corrected chi connectivity index (χ3v) is 3.57. The molecular weight excluding hydrogens is 257 g/mol. The highest BCUT2D eigenvalue weighted by molar-refractivity contribution is 5.84. The first-order valence-electron chi connectivity index (χ1n) is 6.66. The molecule has 1 aromatic rings. The number of hydrogen-bond donors (Lipinski definition) is 0. The highest BCUT2D eigenvalue weighted by Crippen LogP contribution is 2.23. The number of rotatable bonds is 2. The third kappa shape index (κ3) is 2.74. The van der Waals surface area contributed by atoms with Gasteiger partial charge in [0.25, 0.3) is 0 Å². The summed E-state index contributed by atoms with van der Waals surface area (Å²) in [6.45, 7) is 5.43. The van der Waals surface area contributed by atoms with E-state index in [4.69, 9.17) is 5.26 Å². The summed E-state index contributed by atoms with van der Waals surface area (Å²) in [5.74, 6) is -0.405. The predicted octanol–water partition coefficient (Wildman–Crippen LogP) is 2.02. The molecule has 1 saturated heterocycles. The molecule has 0 saturated carbocycles. The molecule has 0 atom stereocenters. The molecule has 0 N–H and O–H groups in total.